The molecule has 0 aromatic carbocycles. The molecule has 0 bridgehead atoms. The van der Waals surface area contributed by atoms with E-state index >= 15 is 0 Å². The van der Waals surface area contributed by atoms with Gasteiger partial charge in [-0.3, -0.25) is 4.79 Å². The van der Waals surface area contributed by atoms with Crippen LogP contribution >= 0.6 is 0 Å². The summed E-state index contributed by atoms with van der Waals surface area (Å²) in [6, 6.07) is 5.58. The van der Waals surface area contributed by atoms with Crippen LogP contribution < -0.4 is 4.74 Å². The number of pyridine rings is 1. The number of carboxylic acids is 1. The van der Waals surface area contributed by atoms with Gasteiger partial charge in [-0.1, -0.05) is 13.0 Å². The monoisotopic (exact) mass is 237 g/mol. The van der Waals surface area contributed by atoms with Crippen molar-refractivity contribution in [2.24, 2.45) is 5.92 Å². The van der Waals surface area contributed by atoms with E-state index in [9.17, 15) is 4.79 Å². The van der Waals surface area contributed by atoms with Crippen LogP contribution in [0.3, 0.4) is 0 Å². The van der Waals surface area contributed by atoms with Crippen molar-refractivity contribution in [3.63, 3.8) is 0 Å². The summed E-state index contributed by atoms with van der Waals surface area (Å²) >= 11 is 0. The first-order valence-corrected chi connectivity index (χ1v) is 5.84. The summed E-state index contributed by atoms with van der Waals surface area (Å²) < 4.78 is 5.48. The molecule has 17 heavy (non-hydrogen) atoms. The van der Waals surface area contributed by atoms with E-state index in [1.165, 1.54) is 0 Å². The number of carboxylic acid groups (broad SMARTS) is 1. The Kier molecular flexibility index (Phi) is 4.94. The minimum absolute atomic E-state index is 0.0932. The molecular formula is C13H19NO3. The van der Waals surface area contributed by atoms with Crippen LogP contribution in [-0.4, -0.2) is 22.2 Å². The van der Waals surface area contributed by atoms with Crippen molar-refractivity contribution < 1.29 is 14.6 Å². The number of aryl methyl sites for hydroxylation is 1. The molecule has 94 valence electrons. The molecule has 1 aromatic heterocycles. The first-order valence-electron chi connectivity index (χ1n) is 5.84. The van der Waals surface area contributed by atoms with Crippen LogP contribution in [0.15, 0.2) is 18.2 Å². The number of ether oxygens (including phenoxy) is 1. The molecule has 1 N–H and O–H groups in total. The van der Waals surface area contributed by atoms with Gasteiger partial charge in [-0.05, 0) is 32.8 Å². The molecule has 1 heterocycles. The predicted octanol–water partition coefficient (Wildman–Crippen LogP) is 2.52. The molecule has 4 nitrogen and oxygen atoms in total. The lowest BCUT2D eigenvalue weighted by atomic mass is 10.0. The number of nitrogens with zero attached hydrogens (tertiary/aromatic N) is 1. The van der Waals surface area contributed by atoms with Gasteiger partial charge in [-0.2, -0.15) is 0 Å². The number of rotatable bonds is 6. The molecule has 1 aromatic rings. The van der Waals surface area contributed by atoms with Crippen molar-refractivity contribution >= 4 is 5.97 Å². The predicted molar refractivity (Wildman–Crippen MR) is 65.1 cm³/mol. The largest absolute Gasteiger partial charge is 0.481 e. The fourth-order valence-corrected chi connectivity index (χ4v) is 1.39. The molecule has 1 atom stereocenters. The average Bonchev–Trinajstić information content (AvgIpc) is 2.25. The maximum absolute atomic E-state index is 10.7. The molecule has 0 aliphatic heterocycles. The van der Waals surface area contributed by atoms with Gasteiger partial charge in [0.1, 0.15) is 0 Å². The summed E-state index contributed by atoms with van der Waals surface area (Å²) in [5, 5.41) is 8.79. The van der Waals surface area contributed by atoms with Gasteiger partial charge in [-0.15, -0.1) is 0 Å². The van der Waals surface area contributed by atoms with Crippen LogP contribution in [0.25, 0.3) is 0 Å². The number of hydrogen-bond donors (Lipinski definition) is 1. The molecule has 0 spiro atoms. The highest BCUT2D eigenvalue weighted by atomic mass is 16.5. The second-order valence-electron chi connectivity index (χ2n) is 4.41. The van der Waals surface area contributed by atoms with E-state index in [0.29, 0.717) is 18.7 Å². The highest BCUT2D eigenvalue weighted by Gasteiger charge is 2.11. The third-order valence-corrected chi connectivity index (χ3v) is 2.39. The Morgan fingerprint density at radius 2 is 2.12 bits per heavy atom. The topological polar surface area (TPSA) is 59.4 Å². The third-order valence-electron chi connectivity index (χ3n) is 2.39. The zero-order valence-electron chi connectivity index (χ0n) is 10.5. The molecule has 0 fully saturated rings. The lowest BCUT2D eigenvalue weighted by molar-refractivity contribution is -0.141. The second kappa shape index (κ2) is 6.23. The van der Waals surface area contributed by atoms with Gasteiger partial charge in [0.05, 0.1) is 12.0 Å². The molecule has 0 aliphatic rings. The average molecular weight is 237 g/mol. The molecule has 0 radical (unpaired) electrons. The van der Waals surface area contributed by atoms with E-state index in [2.05, 4.69) is 4.98 Å². The molecule has 0 aliphatic carbocycles. The quantitative estimate of drug-likeness (QED) is 0.826. The molecule has 0 amide bonds. The third kappa shape index (κ3) is 4.85. The van der Waals surface area contributed by atoms with Crippen molar-refractivity contribution in [1.29, 1.82) is 0 Å². The van der Waals surface area contributed by atoms with Gasteiger partial charge in [0.2, 0.25) is 5.88 Å². The molecule has 0 saturated carbocycles. The van der Waals surface area contributed by atoms with Crippen molar-refractivity contribution in [3.05, 3.63) is 23.9 Å². The molecule has 1 rings (SSSR count). The standard InChI is InChI=1S/C13H19NO3/c1-9(2)17-12-6-4-5-11(14-12)8-7-10(3)13(15)16/h4-6,9-10H,7-8H2,1-3H3,(H,15,16). The molecule has 1 unspecified atom stereocenters. The van der Waals surface area contributed by atoms with Crippen LogP contribution in [0.4, 0.5) is 0 Å². The zero-order chi connectivity index (χ0) is 12.8. The summed E-state index contributed by atoms with van der Waals surface area (Å²) in [7, 11) is 0. The van der Waals surface area contributed by atoms with Crippen LogP contribution in [0, 0.1) is 5.92 Å². The van der Waals surface area contributed by atoms with Crippen molar-refractivity contribution in [2.45, 2.75) is 39.7 Å². The van der Waals surface area contributed by atoms with Gasteiger partial charge < -0.3 is 9.84 Å². The Balaban J connectivity index is 2.56. The van der Waals surface area contributed by atoms with E-state index in [1.54, 1.807) is 6.92 Å². The summed E-state index contributed by atoms with van der Waals surface area (Å²) in [4.78, 5) is 15.0. The van der Waals surface area contributed by atoms with E-state index in [0.717, 1.165) is 5.69 Å². The van der Waals surface area contributed by atoms with E-state index < -0.39 is 5.97 Å². The van der Waals surface area contributed by atoms with Gasteiger partial charge in [0, 0.05) is 11.8 Å². The van der Waals surface area contributed by atoms with Gasteiger partial charge in [0.15, 0.2) is 0 Å². The Morgan fingerprint density at radius 1 is 1.41 bits per heavy atom. The van der Waals surface area contributed by atoms with Gasteiger partial charge in [0.25, 0.3) is 0 Å². The molecule has 0 saturated heterocycles. The first kappa shape index (κ1) is 13.5. The second-order valence-corrected chi connectivity index (χ2v) is 4.41. The maximum atomic E-state index is 10.7. The maximum Gasteiger partial charge on any atom is 0.306 e. The minimum Gasteiger partial charge on any atom is -0.481 e. The lowest BCUT2D eigenvalue weighted by Crippen LogP contribution is -2.11. The van der Waals surface area contributed by atoms with E-state index in [4.69, 9.17) is 9.84 Å². The first-order chi connectivity index (χ1) is 7.99. The highest BCUT2D eigenvalue weighted by Crippen LogP contribution is 2.13. The summed E-state index contributed by atoms with van der Waals surface area (Å²) in [6.45, 7) is 5.60. The van der Waals surface area contributed by atoms with Gasteiger partial charge in [-0.25, -0.2) is 4.98 Å². The van der Waals surface area contributed by atoms with Crippen LogP contribution in [0.2, 0.25) is 0 Å². The zero-order valence-corrected chi connectivity index (χ0v) is 10.5. The van der Waals surface area contributed by atoms with Crippen LogP contribution in [0.1, 0.15) is 32.9 Å². The smallest absolute Gasteiger partial charge is 0.306 e. The number of hydrogen-bond acceptors (Lipinski definition) is 3. The van der Waals surface area contributed by atoms with Gasteiger partial charge >= 0.3 is 5.97 Å². The Hall–Kier alpha value is -1.58. The molecular weight excluding hydrogens is 218 g/mol. The highest BCUT2D eigenvalue weighted by molar-refractivity contribution is 5.69. The Labute approximate surface area is 102 Å². The van der Waals surface area contributed by atoms with E-state index in [-0.39, 0.29) is 12.0 Å². The fraction of sp³-hybridized carbons (Fsp3) is 0.538. The summed E-state index contributed by atoms with van der Waals surface area (Å²) in [6.07, 6.45) is 1.34. The van der Waals surface area contributed by atoms with Crippen molar-refractivity contribution in [1.82, 2.24) is 4.98 Å². The SMILES string of the molecule is CC(C)Oc1cccc(CCC(C)C(=O)O)n1. The van der Waals surface area contributed by atoms with Crippen molar-refractivity contribution in [2.75, 3.05) is 0 Å². The number of aromatic nitrogens is 1. The number of carbonyl (C=O) groups is 1. The molecule has 4 heteroatoms. The number of aliphatic carboxylic acids is 1. The van der Waals surface area contributed by atoms with Crippen molar-refractivity contribution in [3.8, 4) is 5.88 Å². The van der Waals surface area contributed by atoms with E-state index in [1.807, 2.05) is 32.0 Å². The lowest BCUT2D eigenvalue weighted by Gasteiger charge is -2.10. The normalized spacial score (nSPS) is 12.5. The van der Waals surface area contributed by atoms with Crippen LogP contribution in [-0.2, 0) is 11.2 Å². The summed E-state index contributed by atoms with van der Waals surface area (Å²) in [5.74, 6) is -0.508. The fourth-order valence-electron chi connectivity index (χ4n) is 1.39. The summed E-state index contributed by atoms with van der Waals surface area (Å²) in [5.41, 5.74) is 0.872. The minimum atomic E-state index is -0.764. The Bertz CT molecular complexity index is 377. The van der Waals surface area contributed by atoms with Crippen LogP contribution in [0.5, 0.6) is 5.88 Å². The Morgan fingerprint density at radius 3 is 2.71 bits per heavy atom.